The molecule has 2 N–H and O–H groups in total. The molecular formula is C30H38ClN3O5S. The Hall–Kier alpha value is -2.20. The summed E-state index contributed by atoms with van der Waals surface area (Å²) in [5.41, 5.74) is 2.22. The monoisotopic (exact) mass is 587 g/mol. The lowest BCUT2D eigenvalue weighted by molar-refractivity contribution is -0.124. The number of thioether (sulfide) groups is 1. The average Bonchev–Trinajstić information content (AvgIpc) is 3.64. The smallest absolute Gasteiger partial charge is 0.254 e. The number of ether oxygens (including phenoxy) is 3. The summed E-state index contributed by atoms with van der Waals surface area (Å²) in [5, 5.41) is 3.25. The predicted molar refractivity (Wildman–Crippen MR) is 156 cm³/mol. The first-order chi connectivity index (χ1) is 19.2. The summed E-state index contributed by atoms with van der Waals surface area (Å²) in [6.45, 7) is 9.96. The van der Waals surface area contributed by atoms with E-state index in [0.29, 0.717) is 51.1 Å². The molecule has 1 saturated carbocycles. The van der Waals surface area contributed by atoms with Crippen molar-refractivity contribution in [3.05, 3.63) is 49.9 Å². The van der Waals surface area contributed by atoms with Gasteiger partial charge in [0.1, 0.15) is 0 Å². The van der Waals surface area contributed by atoms with E-state index in [1.165, 1.54) is 11.8 Å². The zero-order valence-corrected chi connectivity index (χ0v) is 25.2. The van der Waals surface area contributed by atoms with Crippen LogP contribution >= 0.6 is 23.4 Å². The van der Waals surface area contributed by atoms with Gasteiger partial charge in [0.2, 0.25) is 0 Å². The zero-order chi connectivity index (χ0) is 28.2. The second-order valence-corrected chi connectivity index (χ2v) is 13.2. The molecule has 216 valence electrons. The zero-order valence-electron chi connectivity index (χ0n) is 23.6. The Bertz CT molecular complexity index is 1360. The fourth-order valence-electron chi connectivity index (χ4n) is 7.03. The number of carbonyl (C=O) groups is 1. The summed E-state index contributed by atoms with van der Waals surface area (Å²) >= 11 is 8.14. The molecule has 6 rings (SSSR count). The molecule has 2 saturated heterocycles. The molecule has 1 aromatic carbocycles. The standard InChI is InChI=1S/C30H38ClN3O5S/c1-16-9-25(40-4)23(29(36)33-16)11-32-28(35)22-10-24(31)27-26(17(22)2)38-30(3,39-27)20-5-7-21(8-6-20)34-12-18-14-37-15-19(18)13-34/h9-10,18-21H,5-8,11-15H2,1-4H3,(H,32,35)(H,33,36)/t18?,19?,20?,21?,30-/m0/s1. The number of aromatic amines is 1. The normalized spacial score (nSPS) is 29.5. The van der Waals surface area contributed by atoms with Crippen molar-refractivity contribution < 1.29 is 19.0 Å². The minimum absolute atomic E-state index is 0.114. The quantitative estimate of drug-likeness (QED) is 0.463. The van der Waals surface area contributed by atoms with Crippen molar-refractivity contribution in [2.24, 2.45) is 17.8 Å². The van der Waals surface area contributed by atoms with Crippen LogP contribution in [0.25, 0.3) is 0 Å². The van der Waals surface area contributed by atoms with Crippen LogP contribution in [0.2, 0.25) is 5.02 Å². The Morgan fingerprint density at radius 1 is 1.12 bits per heavy atom. The molecular weight excluding hydrogens is 550 g/mol. The molecule has 2 aromatic rings. The highest BCUT2D eigenvalue weighted by Crippen LogP contribution is 2.52. The van der Waals surface area contributed by atoms with E-state index in [2.05, 4.69) is 15.2 Å². The van der Waals surface area contributed by atoms with E-state index in [0.717, 1.165) is 62.6 Å². The van der Waals surface area contributed by atoms with Crippen molar-refractivity contribution in [1.29, 1.82) is 0 Å². The van der Waals surface area contributed by atoms with Crippen molar-refractivity contribution in [3.63, 3.8) is 0 Å². The summed E-state index contributed by atoms with van der Waals surface area (Å²) < 4.78 is 18.6. The Labute approximate surface area is 244 Å². The third-order valence-electron chi connectivity index (χ3n) is 9.39. The summed E-state index contributed by atoms with van der Waals surface area (Å²) in [7, 11) is 0. The van der Waals surface area contributed by atoms with Gasteiger partial charge in [-0.2, -0.15) is 0 Å². The van der Waals surface area contributed by atoms with Gasteiger partial charge in [0.05, 0.1) is 18.2 Å². The highest BCUT2D eigenvalue weighted by Gasteiger charge is 2.49. The Morgan fingerprint density at radius 2 is 1.80 bits per heavy atom. The van der Waals surface area contributed by atoms with Crippen molar-refractivity contribution in [3.8, 4) is 11.5 Å². The lowest BCUT2D eigenvalue weighted by Crippen LogP contribution is -2.47. The van der Waals surface area contributed by atoms with E-state index in [-0.39, 0.29) is 23.9 Å². The second-order valence-electron chi connectivity index (χ2n) is 11.9. The first kappa shape index (κ1) is 27.9. The average molecular weight is 588 g/mol. The maximum Gasteiger partial charge on any atom is 0.254 e. The van der Waals surface area contributed by atoms with Crippen LogP contribution in [0, 0.1) is 31.6 Å². The lowest BCUT2D eigenvalue weighted by Gasteiger charge is -2.40. The van der Waals surface area contributed by atoms with E-state index in [1.807, 2.05) is 33.1 Å². The van der Waals surface area contributed by atoms with Crippen LogP contribution in [0.4, 0.5) is 0 Å². The van der Waals surface area contributed by atoms with Gasteiger partial charge in [-0.05, 0) is 57.9 Å². The molecule has 3 atom stereocenters. The van der Waals surface area contributed by atoms with Crippen LogP contribution in [0.15, 0.2) is 21.8 Å². The Morgan fingerprint density at radius 3 is 2.48 bits per heavy atom. The number of pyridine rings is 1. The van der Waals surface area contributed by atoms with Gasteiger partial charge < -0.3 is 24.5 Å². The number of hydrogen-bond acceptors (Lipinski definition) is 7. The summed E-state index contributed by atoms with van der Waals surface area (Å²) in [6, 6.07) is 4.16. The molecule has 40 heavy (non-hydrogen) atoms. The van der Waals surface area contributed by atoms with Gasteiger partial charge in [0, 0.05) is 77.6 Å². The second kappa shape index (κ2) is 10.9. The van der Waals surface area contributed by atoms with E-state index in [9.17, 15) is 9.59 Å². The number of nitrogens with one attached hydrogen (secondary N) is 2. The van der Waals surface area contributed by atoms with Gasteiger partial charge in [-0.15, -0.1) is 11.8 Å². The highest BCUT2D eigenvalue weighted by molar-refractivity contribution is 7.98. The minimum Gasteiger partial charge on any atom is -0.448 e. The Kier molecular flexibility index (Phi) is 7.61. The van der Waals surface area contributed by atoms with Gasteiger partial charge in [0.15, 0.2) is 11.5 Å². The van der Waals surface area contributed by atoms with E-state index in [1.54, 1.807) is 6.07 Å². The van der Waals surface area contributed by atoms with Crippen LogP contribution in [-0.2, 0) is 11.3 Å². The van der Waals surface area contributed by atoms with E-state index < -0.39 is 5.79 Å². The van der Waals surface area contributed by atoms with Gasteiger partial charge in [-0.1, -0.05) is 11.6 Å². The van der Waals surface area contributed by atoms with Crippen LogP contribution in [0.1, 0.15) is 59.8 Å². The van der Waals surface area contributed by atoms with Gasteiger partial charge in [-0.25, -0.2) is 0 Å². The molecule has 1 aliphatic carbocycles. The maximum absolute atomic E-state index is 13.3. The van der Waals surface area contributed by atoms with Crippen LogP contribution < -0.4 is 20.3 Å². The number of fused-ring (bicyclic) bond motifs is 2. The van der Waals surface area contributed by atoms with Crippen LogP contribution in [0.5, 0.6) is 11.5 Å². The molecule has 0 radical (unpaired) electrons. The summed E-state index contributed by atoms with van der Waals surface area (Å²) in [5.74, 6) is 1.54. The number of carbonyl (C=O) groups excluding carboxylic acids is 1. The molecule has 10 heteroatoms. The third-order valence-corrected chi connectivity index (χ3v) is 10.5. The lowest BCUT2D eigenvalue weighted by atomic mass is 9.81. The van der Waals surface area contributed by atoms with Gasteiger partial charge in [-0.3, -0.25) is 14.5 Å². The molecule has 0 bridgehead atoms. The summed E-state index contributed by atoms with van der Waals surface area (Å²) in [6.07, 6.45) is 6.20. The molecule has 0 spiro atoms. The Balaban J connectivity index is 1.12. The number of benzene rings is 1. The van der Waals surface area contributed by atoms with Gasteiger partial charge >= 0.3 is 0 Å². The molecule has 1 amide bonds. The minimum atomic E-state index is -0.825. The fourth-order valence-corrected chi connectivity index (χ4v) is 7.97. The van der Waals surface area contributed by atoms with Crippen molar-refractivity contribution in [2.45, 2.75) is 69.7 Å². The van der Waals surface area contributed by atoms with Crippen molar-refractivity contribution >= 4 is 29.3 Å². The van der Waals surface area contributed by atoms with Crippen molar-refractivity contribution in [2.75, 3.05) is 32.6 Å². The topological polar surface area (TPSA) is 92.9 Å². The number of aromatic nitrogens is 1. The number of hydrogen-bond donors (Lipinski definition) is 2. The van der Waals surface area contributed by atoms with Crippen LogP contribution in [-0.4, -0.2) is 60.2 Å². The highest BCUT2D eigenvalue weighted by atomic mass is 35.5. The van der Waals surface area contributed by atoms with Gasteiger partial charge in [0.25, 0.3) is 17.3 Å². The summed E-state index contributed by atoms with van der Waals surface area (Å²) in [4.78, 5) is 32.1. The predicted octanol–water partition coefficient (Wildman–Crippen LogP) is 4.92. The molecule has 2 unspecified atom stereocenters. The van der Waals surface area contributed by atoms with E-state index in [4.69, 9.17) is 25.8 Å². The molecule has 3 aliphatic heterocycles. The number of H-pyrrole nitrogens is 1. The third kappa shape index (κ3) is 5.03. The molecule has 8 nitrogen and oxygen atoms in total. The SMILES string of the molecule is CSc1cc(C)[nH]c(=O)c1CNC(=O)c1cc(Cl)c2c(c1C)O[C@](C)(C1CCC(N3CC4COCC4C3)CC1)O2. The molecule has 3 fully saturated rings. The first-order valence-electron chi connectivity index (χ1n) is 14.2. The molecule has 4 aliphatic rings. The number of aryl methyl sites for hydroxylation is 1. The van der Waals surface area contributed by atoms with Crippen LogP contribution in [0.3, 0.4) is 0 Å². The number of likely N-dealkylation sites (tertiary alicyclic amines) is 1. The fraction of sp³-hybridized carbons (Fsp3) is 0.600. The van der Waals surface area contributed by atoms with Crippen molar-refractivity contribution in [1.82, 2.24) is 15.2 Å². The van der Waals surface area contributed by atoms with E-state index >= 15 is 0 Å². The number of halogens is 1. The number of rotatable bonds is 6. The maximum atomic E-state index is 13.3. The molecule has 4 heterocycles. The number of nitrogens with zero attached hydrogens (tertiary/aromatic N) is 1. The molecule has 1 aromatic heterocycles. The first-order valence-corrected chi connectivity index (χ1v) is 15.8. The number of amides is 1. The largest absolute Gasteiger partial charge is 0.448 e.